The molecule has 2 rings (SSSR count). The molecule has 20 heteroatoms. The minimum Gasteiger partial charge on any atom is -0.388 e. The number of aliphatic hydroxyl groups excluding tert-OH is 1. The van der Waals surface area contributed by atoms with Crippen molar-refractivity contribution in [2.24, 2.45) is 0 Å². The summed E-state index contributed by atoms with van der Waals surface area (Å²) in [5, 5.41) is 10.2. The summed E-state index contributed by atoms with van der Waals surface area (Å²) in [5.41, 5.74) is 4.50. The zero-order chi connectivity index (χ0) is 23.0. The molecule has 1 aromatic rings. The molecule has 0 amide bonds. The van der Waals surface area contributed by atoms with E-state index >= 15 is 0 Å². The molecule has 1 aromatic heterocycles. The van der Waals surface area contributed by atoms with Crippen LogP contribution < -0.4 is 11.4 Å². The van der Waals surface area contributed by atoms with Crippen molar-refractivity contribution in [3.05, 3.63) is 22.7 Å². The van der Waals surface area contributed by atoms with Crippen molar-refractivity contribution in [3.63, 3.8) is 0 Å². The second kappa shape index (κ2) is 8.84. The molecule has 2 heterocycles. The molecule has 1 saturated heterocycles. The van der Waals surface area contributed by atoms with Crippen LogP contribution in [0.15, 0.2) is 17.1 Å². The van der Waals surface area contributed by atoms with Gasteiger partial charge in [-0.3, -0.25) is 9.09 Å². The van der Waals surface area contributed by atoms with Gasteiger partial charge in [-0.1, -0.05) is 0 Å². The summed E-state index contributed by atoms with van der Waals surface area (Å²) in [4.78, 5) is 51.0. The Kier molecular flexibility index (Phi) is 7.44. The normalized spacial score (nSPS) is 28.7. The maximum Gasteiger partial charge on any atom is 0.490 e. The molecular weight excluding hydrogens is 479 g/mol. The summed E-state index contributed by atoms with van der Waals surface area (Å²) in [7, 11) is -15.6. The van der Waals surface area contributed by atoms with Crippen LogP contribution in [0.3, 0.4) is 0 Å². The number of nitrogens with two attached hydrogens (primary N) is 1. The fourth-order valence-corrected chi connectivity index (χ4v) is 5.45. The van der Waals surface area contributed by atoms with Gasteiger partial charge in [-0.05, 0) is 6.07 Å². The molecule has 0 aromatic carbocycles. The molecule has 1 aliphatic rings. The van der Waals surface area contributed by atoms with E-state index in [1.807, 2.05) is 0 Å². The van der Waals surface area contributed by atoms with Crippen molar-refractivity contribution < 1.29 is 61.0 Å². The monoisotopic (exact) mass is 497 g/mol. The van der Waals surface area contributed by atoms with Gasteiger partial charge in [0.25, 0.3) is 0 Å². The van der Waals surface area contributed by atoms with Gasteiger partial charge in [0.2, 0.25) is 0 Å². The second-order valence-electron chi connectivity index (χ2n) is 5.80. The first kappa shape index (κ1) is 25.2. The topological polar surface area (TPSA) is 259 Å². The molecule has 5 unspecified atom stereocenters. The van der Waals surface area contributed by atoms with Crippen molar-refractivity contribution in [2.45, 2.75) is 24.5 Å². The van der Waals surface area contributed by atoms with Gasteiger partial charge in [0.15, 0.2) is 12.0 Å². The fraction of sp³-hybridized carbons (Fsp3) is 0.600. The van der Waals surface area contributed by atoms with Gasteiger partial charge in [-0.2, -0.15) is 13.6 Å². The van der Waals surface area contributed by atoms with E-state index < -0.39 is 60.3 Å². The molecule has 172 valence electrons. The van der Waals surface area contributed by atoms with E-state index in [2.05, 4.69) is 18.1 Å². The van der Waals surface area contributed by atoms with E-state index in [9.17, 15) is 28.5 Å². The lowest BCUT2D eigenvalue weighted by molar-refractivity contribution is -0.241. The Labute approximate surface area is 167 Å². The van der Waals surface area contributed by atoms with E-state index in [1.165, 1.54) is 12.3 Å². The highest BCUT2D eigenvalue weighted by molar-refractivity contribution is 7.66. The number of nitrogens with zero attached hydrogens (tertiary/aromatic N) is 2. The molecule has 0 spiro atoms. The van der Waals surface area contributed by atoms with Gasteiger partial charge in [-0.15, -0.1) is 0 Å². The number of phosphoric ester groups is 1. The highest BCUT2D eigenvalue weighted by atomic mass is 31.3. The summed E-state index contributed by atoms with van der Waals surface area (Å²) in [5.74, 6) is -2.02. The average molecular weight is 497 g/mol. The van der Waals surface area contributed by atoms with Crippen LogP contribution in [-0.4, -0.2) is 59.8 Å². The molecule has 1 aliphatic heterocycles. The molecule has 0 radical (unpaired) electrons. The largest absolute Gasteiger partial charge is 0.490 e. The number of rotatable bonds is 9. The Morgan fingerprint density at radius 2 is 1.90 bits per heavy atom. The average Bonchev–Trinajstić information content (AvgIpc) is 2.87. The van der Waals surface area contributed by atoms with E-state index in [0.717, 1.165) is 11.7 Å². The molecule has 5 atom stereocenters. The molecule has 1 fully saturated rings. The van der Waals surface area contributed by atoms with Crippen LogP contribution in [0.4, 0.5) is 5.82 Å². The maximum absolute atomic E-state index is 11.9. The molecule has 30 heavy (non-hydrogen) atoms. The third kappa shape index (κ3) is 6.73. The molecule has 0 aliphatic carbocycles. The van der Waals surface area contributed by atoms with E-state index in [1.54, 1.807) is 0 Å². The molecular formula is C10H18N3O14P3. The minimum atomic E-state index is -5.71. The second-order valence-corrected chi connectivity index (χ2v) is 10.2. The Bertz CT molecular complexity index is 978. The van der Waals surface area contributed by atoms with Crippen molar-refractivity contribution in [2.75, 3.05) is 19.5 Å². The number of aliphatic hydroxyl groups is 1. The van der Waals surface area contributed by atoms with Gasteiger partial charge < -0.3 is 39.9 Å². The van der Waals surface area contributed by atoms with Crippen LogP contribution in [0.5, 0.6) is 0 Å². The summed E-state index contributed by atoms with van der Waals surface area (Å²) in [6.07, 6.45) is -1.99. The SMILES string of the molecule is COC1(COP(=O)(O)OP(=O)(O)OP(=O)(O)O)CC(O)C(n2ccc(N)nc2=O)O1. The number of anilines is 1. The number of aromatic nitrogens is 2. The van der Waals surface area contributed by atoms with Gasteiger partial charge >= 0.3 is 29.2 Å². The summed E-state index contributed by atoms with van der Waals surface area (Å²) in [6.45, 7) is -0.988. The van der Waals surface area contributed by atoms with Crippen LogP contribution in [0.1, 0.15) is 12.6 Å². The molecule has 7 N–H and O–H groups in total. The lowest BCUT2D eigenvalue weighted by Gasteiger charge is -2.28. The predicted molar refractivity (Wildman–Crippen MR) is 93.2 cm³/mol. The van der Waals surface area contributed by atoms with Gasteiger partial charge in [0, 0.05) is 19.7 Å². The zero-order valence-corrected chi connectivity index (χ0v) is 17.6. The quantitative estimate of drug-likeness (QED) is 0.219. The highest BCUT2D eigenvalue weighted by Crippen LogP contribution is 2.66. The van der Waals surface area contributed by atoms with Crippen LogP contribution in [0, 0.1) is 0 Å². The number of ether oxygens (including phenoxy) is 2. The number of phosphoric acid groups is 3. The Hall–Kier alpha value is -1.03. The predicted octanol–water partition coefficient (Wildman–Crippen LogP) is -1.21. The number of hydrogen-bond acceptors (Lipinski definition) is 12. The Balaban J connectivity index is 2.12. The van der Waals surface area contributed by atoms with Crippen LogP contribution in [0.25, 0.3) is 0 Å². The van der Waals surface area contributed by atoms with Gasteiger partial charge in [0.1, 0.15) is 18.5 Å². The third-order valence-electron chi connectivity index (χ3n) is 3.55. The Morgan fingerprint density at radius 3 is 2.43 bits per heavy atom. The smallest absolute Gasteiger partial charge is 0.388 e. The van der Waals surface area contributed by atoms with E-state index in [4.69, 9.17) is 29.9 Å². The standard InChI is InChI=1S/C10H18N3O14P3/c1-23-10(5-24-29(19,20)27-30(21,22)26-28(16,17)18)4-6(14)8(25-10)13-3-2-7(11)12-9(13)15/h2-3,6,8,14H,4-5H2,1H3,(H,19,20)(H,21,22)(H2,11,12,15)(H2,16,17,18). The molecule has 0 saturated carbocycles. The van der Waals surface area contributed by atoms with Crippen molar-refractivity contribution >= 4 is 29.3 Å². The van der Waals surface area contributed by atoms with Crippen LogP contribution in [-0.2, 0) is 36.3 Å². The van der Waals surface area contributed by atoms with E-state index in [-0.39, 0.29) is 5.82 Å². The third-order valence-corrected chi connectivity index (χ3v) is 7.33. The number of hydrogen-bond donors (Lipinski definition) is 6. The first-order valence-corrected chi connectivity index (χ1v) is 12.1. The number of nitrogen functional groups attached to an aromatic ring is 1. The molecule has 0 bridgehead atoms. The van der Waals surface area contributed by atoms with Crippen LogP contribution >= 0.6 is 23.5 Å². The lowest BCUT2D eigenvalue weighted by atomic mass is 10.1. The lowest BCUT2D eigenvalue weighted by Crippen LogP contribution is -2.37. The summed E-state index contributed by atoms with van der Waals surface area (Å²) >= 11 is 0. The summed E-state index contributed by atoms with van der Waals surface area (Å²) < 4.78 is 56.8. The zero-order valence-electron chi connectivity index (χ0n) is 14.9. The first-order chi connectivity index (χ1) is 13.6. The van der Waals surface area contributed by atoms with Crippen molar-refractivity contribution in [1.29, 1.82) is 0 Å². The molecule has 17 nitrogen and oxygen atoms in total. The summed E-state index contributed by atoms with van der Waals surface area (Å²) in [6, 6.07) is 1.25. The van der Waals surface area contributed by atoms with Gasteiger partial charge in [-0.25, -0.2) is 18.5 Å². The van der Waals surface area contributed by atoms with Gasteiger partial charge in [0.05, 0.1) is 0 Å². The fourth-order valence-electron chi connectivity index (χ4n) is 2.39. The van der Waals surface area contributed by atoms with Crippen molar-refractivity contribution in [3.8, 4) is 0 Å². The first-order valence-electron chi connectivity index (χ1n) is 7.61. The van der Waals surface area contributed by atoms with E-state index in [0.29, 0.717) is 0 Å². The highest BCUT2D eigenvalue weighted by Gasteiger charge is 2.50. The Morgan fingerprint density at radius 1 is 1.27 bits per heavy atom. The van der Waals surface area contributed by atoms with Crippen LogP contribution in [0.2, 0.25) is 0 Å². The maximum atomic E-state index is 11.9. The number of methoxy groups -OCH3 is 1. The minimum absolute atomic E-state index is 0.0885. The van der Waals surface area contributed by atoms with Crippen molar-refractivity contribution in [1.82, 2.24) is 9.55 Å².